The van der Waals surface area contributed by atoms with Gasteiger partial charge in [-0.15, -0.1) is 6.42 Å². The summed E-state index contributed by atoms with van der Waals surface area (Å²) in [6.07, 6.45) is 10.6. The van der Waals surface area contributed by atoms with Gasteiger partial charge in [0.25, 0.3) is 0 Å². The standard InChI is InChI=1S/C13H21NO/c1-2-7-14-8-5-12(6-9-14)13-4-3-10-15-11-13/h1,12-13H,3-11H2. The Balaban J connectivity index is 1.75. The van der Waals surface area contributed by atoms with Crippen molar-refractivity contribution in [3.8, 4) is 12.3 Å². The maximum absolute atomic E-state index is 5.56. The Bertz CT molecular complexity index is 219. The first-order valence-corrected chi connectivity index (χ1v) is 6.13. The molecule has 1 atom stereocenters. The summed E-state index contributed by atoms with van der Waals surface area (Å²) in [7, 11) is 0. The van der Waals surface area contributed by atoms with Gasteiger partial charge < -0.3 is 4.74 Å². The van der Waals surface area contributed by atoms with Crippen LogP contribution in [0.25, 0.3) is 0 Å². The molecule has 0 aromatic rings. The van der Waals surface area contributed by atoms with E-state index in [1.54, 1.807) is 0 Å². The molecule has 0 spiro atoms. The molecule has 0 radical (unpaired) electrons. The van der Waals surface area contributed by atoms with Crippen LogP contribution >= 0.6 is 0 Å². The third-order valence-corrected chi connectivity index (χ3v) is 3.81. The molecular weight excluding hydrogens is 186 g/mol. The maximum atomic E-state index is 5.56. The van der Waals surface area contributed by atoms with Gasteiger partial charge >= 0.3 is 0 Å². The van der Waals surface area contributed by atoms with E-state index in [1.165, 1.54) is 38.8 Å². The van der Waals surface area contributed by atoms with E-state index in [0.29, 0.717) is 0 Å². The highest BCUT2D eigenvalue weighted by molar-refractivity contribution is 4.90. The summed E-state index contributed by atoms with van der Waals surface area (Å²) in [5.41, 5.74) is 0. The lowest BCUT2D eigenvalue weighted by molar-refractivity contribution is 0.0151. The van der Waals surface area contributed by atoms with Crippen molar-refractivity contribution in [2.45, 2.75) is 25.7 Å². The second-order valence-electron chi connectivity index (χ2n) is 4.79. The maximum Gasteiger partial charge on any atom is 0.0598 e. The molecule has 0 aliphatic carbocycles. The normalized spacial score (nSPS) is 29.9. The fourth-order valence-electron chi connectivity index (χ4n) is 2.85. The van der Waals surface area contributed by atoms with E-state index in [9.17, 15) is 0 Å². The average molecular weight is 207 g/mol. The van der Waals surface area contributed by atoms with Crippen molar-refractivity contribution in [3.05, 3.63) is 0 Å². The zero-order chi connectivity index (χ0) is 10.5. The molecule has 0 aromatic heterocycles. The van der Waals surface area contributed by atoms with Crippen LogP contribution in [0.15, 0.2) is 0 Å². The van der Waals surface area contributed by atoms with Crippen molar-refractivity contribution in [1.29, 1.82) is 0 Å². The summed E-state index contributed by atoms with van der Waals surface area (Å²) in [5.74, 6) is 4.45. The van der Waals surface area contributed by atoms with Crippen molar-refractivity contribution in [3.63, 3.8) is 0 Å². The summed E-state index contributed by atoms with van der Waals surface area (Å²) in [5, 5.41) is 0. The molecule has 2 rings (SSSR count). The molecule has 2 aliphatic heterocycles. The molecule has 2 aliphatic rings. The number of hydrogen-bond donors (Lipinski definition) is 0. The molecule has 1 unspecified atom stereocenters. The number of hydrogen-bond acceptors (Lipinski definition) is 2. The summed E-state index contributed by atoms with van der Waals surface area (Å²) in [6, 6.07) is 0. The number of likely N-dealkylation sites (tertiary alicyclic amines) is 1. The molecule has 2 heteroatoms. The first-order valence-electron chi connectivity index (χ1n) is 6.13. The van der Waals surface area contributed by atoms with E-state index in [-0.39, 0.29) is 0 Å². The quantitative estimate of drug-likeness (QED) is 0.640. The number of nitrogens with zero attached hydrogens (tertiary/aromatic N) is 1. The summed E-state index contributed by atoms with van der Waals surface area (Å²) >= 11 is 0. The number of piperidine rings is 1. The van der Waals surface area contributed by atoms with Crippen LogP contribution < -0.4 is 0 Å². The zero-order valence-electron chi connectivity index (χ0n) is 9.45. The minimum atomic E-state index is 0.826. The van der Waals surface area contributed by atoms with Gasteiger partial charge in [-0.25, -0.2) is 0 Å². The molecule has 0 aromatic carbocycles. The van der Waals surface area contributed by atoms with Gasteiger partial charge in [-0.05, 0) is 50.6 Å². The predicted octanol–water partition coefficient (Wildman–Crippen LogP) is 1.76. The van der Waals surface area contributed by atoms with Gasteiger partial charge in [0.05, 0.1) is 6.54 Å². The Morgan fingerprint density at radius 1 is 1.20 bits per heavy atom. The van der Waals surface area contributed by atoms with Crippen LogP contribution in [0.3, 0.4) is 0 Å². The van der Waals surface area contributed by atoms with E-state index < -0.39 is 0 Å². The fourth-order valence-corrected chi connectivity index (χ4v) is 2.85. The molecule has 0 N–H and O–H groups in total. The van der Waals surface area contributed by atoms with Crippen molar-refractivity contribution in [2.24, 2.45) is 11.8 Å². The van der Waals surface area contributed by atoms with Crippen LogP contribution in [0.5, 0.6) is 0 Å². The SMILES string of the molecule is C#CCN1CCC(C2CCCOC2)CC1. The van der Waals surface area contributed by atoms with Gasteiger partial charge in [-0.3, -0.25) is 4.90 Å². The van der Waals surface area contributed by atoms with Crippen molar-refractivity contribution >= 4 is 0 Å². The number of rotatable bonds is 2. The topological polar surface area (TPSA) is 12.5 Å². The molecule has 0 saturated carbocycles. The Morgan fingerprint density at radius 2 is 2.00 bits per heavy atom. The van der Waals surface area contributed by atoms with Gasteiger partial charge in [-0.1, -0.05) is 5.92 Å². The minimum Gasteiger partial charge on any atom is -0.381 e. The van der Waals surface area contributed by atoms with E-state index in [1.807, 2.05) is 0 Å². The van der Waals surface area contributed by atoms with Crippen LogP contribution in [-0.4, -0.2) is 37.7 Å². The molecule has 2 heterocycles. The van der Waals surface area contributed by atoms with Crippen molar-refractivity contribution < 1.29 is 4.74 Å². The highest BCUT2D eigenvalue weighted by atomic mass is 16.5. The smallest absolute Gasteiger partial charge is 0.0598 e. The van der Waals surface area contributed by atoms with E-state index in [2.05, 4.69) is 10.8 Å². The van der Waals surface area contributed by atoms with Crippen LogP contribution in [0.1, 0.15) is 25.7 Å². The second kappa shape index (κ2) is 5.53. The Labute approximate surface area is 93.0 Å². The van der Waals surface area contributed by atoms with Crippen LogP contribution in [0.2, 0.25) is 0 Å². The summed E-state index contributed by atoms with van der Waals surface area (Å²) in [6.45, 7) is 5.18. The highest BCUT2D eigenvalue weighted by Gasteiger charge is 2.27. The molecule has 2 saturated heterocycles. The Kier molecular flexibility index (Phi) is 4.05. The van der Waals surface area contributed by atoms with Crippen LogP contribution in [0, 0.1) is 24.2 Å². The monoisotopic (exact) mass is 207 g/mol. The molecule has 0 bridgehead atoms. The zero-order valence-corrected chi connectivity index (χ0v) is 9.45. The van der Waals surface area contributed by atoms with Gasteiger partial charge in [-0.2, -0.15) is 0 Å². The van der Waals surface area contributed by atoms with E-state index in [4.69, 9.17) is 11.2 Å². The van der Waals surface area contributed by atoms with Crippen molar-refractivity contribution in [2.75, 3.05) is 32.8 Å². The van der Waals surface area contributed by atoms with Crippen LogP contribution in [0.4, 0.5) is 0 Å². The third-order valence-electron chi connectivity index (χ3n) is 3.81. The molecule has 15 heavy (non-hydrogen) atoms. The number of terminal acetylenes is 1. The summed E-state index contributed by atoms with van der Waals surface area (Å²) in [4.78, 5) is 2.39. The average Bonchev–Trinajstić information content (AvgIpc) is 2.32. The second-order valence-corrected chi connectivity index (χ2v) is 4.79. The third kappa shape index (κ3) is 2.96. The molecule has 2 fully saturated rings. The highest BCUT2D eigenvalue weighted by Crippen LogP contribution is 2.30. The predicted molar refractivity (Wildman–Crippen MR) is 61.5 cm³/mol. The lowest BCUT2D eigenvalue weighted by Gasteiger charge is -2.36. The lowest BCUT2D eigenvalue weighted by atomic mass is 9.81. The molecule has 84 valence electrons. The van der Waals surface area contributed by atoms with Crippen LogP contribution in [-0.2, 0) is 4.74 Å². The fraction of sp³-hybridized carbons (Fsp3) is 0.846. The minimum absolute atomic E-state index is 0.826. The Hall–Kier alpha value is -0.520. The first kappa shape index (κ1) is 11.0. The van der Waals surface area contributed by atoms with Gasteiger partial charge in [0, 0.05) is 13.2 Å². The van der Waals surface area contributed by atoms with Crippen molar-refractivity contribution in [1.82, 2.24) is 4.90 Å². The van der Waals surface area contributed by atoms with Gasteiger partial charge in [0.1, 0.15) is 0 Å². The van der Waals surface area contributed by atoms with E-state index in [0.717, 1.165) is 31.6 Å². The van der Waals surface area contributed by atoms with E-state index >= 15 is 0 Å². The lowest BCUT2D eigenvalue weighted by Crippen LogP contribution is -2.38. The summed E-state index contributed by atoms with van der Waals surface area (Å²) < 4.78 is 5.56. The molecular formula is C13H21NO. The Morgan fingerprint density at radius 3 is 2.60 bits per heavy atom. The largest absolute Gasteiger partial charge is 0.381 e. The molecule has 0 amide bonds. The number of ether oxygens (including phenoxy) is 1. The molecule has 2 nitrogen and oxygen atoms in total. The van der Waals surface area contributed by atoms with Gasteiger partial charge in [0.15, 0.2) is 0 Å². The van der Waals surface area contributed by atoms with Gasteiger partial charge in [0.2, 0.25) is 0 Å². The first-order chi connectivity index (χ1) is 7.40.